The van der Waals surface area contributed by atoms with Gasteiger partial charge in [-0.25, -0.2) is 4.79 Å². The number of ether oxygens (including phenoxy) is 1. The van der Waals surface area contributed by atoms with Crippen molar-refractivity contribution in [3.05, 3.63) is 29.8 Å². The summed E-state index contributed by atoms with van der Waals surface area (Å²) < 4.78 is 4.77. The summed E-state index contributed by atoms with van der Waals surface area (Å²) in [4.78, 5) is 13.9. The van der Waals surface area contributed by atoms with Gasteiger partial charge in [-0.05, 0) is 38.5 Å². The predicted octanol–water partition coefficient (Wildman–Crippen LogP) is 2.05. The van der Waals surface area contributed by atoms with Crippen LogP contribution in [0.25, 0.3) is 0 Å². The van der Waals surface area contributed by atoms with Gasteiger partial charge >= 0.3 is 5.97 Å². The molecule has 1 fully saturated rings. The van der Waals surface area contributed by atoms with Crippen LogP contribution in [0, 0.1) is 0 Å². The molecule has 1 aliphatic heterocycles. The molecule has 0 saturated carbocycles. The number of esters is 1. The first-order chi connectivity index (χ1) is 9.10. The number of hydrogen-bond donors (Lipinski definition) is 1. The van der Waals surface area contributed by atoms with Crippen molar-refractivity contribution in [1.82, 2.24) is 5.32 Å². The van der Waals surface area contributed by atoms with Crippen molar-refractivity contribution in [2.24, 2.45) is 0 Å². The van der Waals surface area contributed by atoms with Crippen LogP contribution in [0.5, 0.6) is 0 Å². The molecule has 1 saturated heterocycles. The van der Waals surface area contributed by atoms with E-state index in [1.165, 1.54) is 7.11 Å². The van der Waals surface area contributed by atoms with Gasteiger partial charge in [0.05, 0.1) is 12.7 Å². The van der Waals surface area contributed by atoms with Gasteiger partial charge in [0.2, 0.25) is 0 Å². The highest BCUT2D eigenvalue weighted by Gasteiger charge is 2.19. The molecule has 1 aromatic rings. The number of methoxy groups -OCH3 is 1. The molecule has 19 heavy (non-hydrogen) atoms. The number of anilines is 1. The van der Waals surface area contributed by atoms with Gasteiger partial charge < -0.3 is 15.0 Å². The average molecular weight is 262 g/mol. The number of carbonyl (C=O) groups is 1. The van der Waals surface area contributed by atoms with Crippen molar-refractivity contribution in [3.8, 4) is 0 Å². The van der Waals surface area contributed by atoms with E-state index in [4.69, 9.17) is 4.74 Å². The van der Waals surface area contributed by atoms with E-state index in [-0.39, 0.29) is 5.97 Å². The number of carbonyl (C=O) groups excluding carboxylic acids is 1. The van der Waals surface area contributed by atoms with Gasteiger partial charge in [-0.1, -0.05) is 6.07 Å². The zero-order valence-corrected chi connectivity index (χ0v) is 11.8. The minimum atomic E-state index is -0.281. The molecular formula is C15H22N2O2. The van der Waals surface area contributed by atoms with Crippen molar-refractivity contribution < 1.29 is 9.53 Å². The lowest BCUT2D eigenvalue weighted by molar-refractivity contribution is 0.0601. The molecule has 0 aromatic heterocycles. The fourth-order valence-electron chi connectivity index (χ4n) is 2.58. The van der Waals surface area contributed by atoms with Gasteiger partial charge in [-0.15, -0.1) is 0 Å². The average Bonchev–Trinajstić information content (AvgIpc) is 2.58. The quantitative estimate of drug-likeness (QED) is 0.828. The minimum Gasteiger partial charge on any atom is -0.465 e. The molecule has 4 heteroatoms. The summed E-state index contributed by atoms with van der Waals surface area (Å²) in [6, 6.07) is 8.64. The van der Waals surface area contributed by atoms with Crippen LogP contribution in [-0.2, 0) is 4.74 Å². The smallest absolute Gasteiger partial charge is 0.337 e. The summed E-state index contributed by atoms with van der Waals surface area (Å²) >= 11 is 0. The van der Waals surface area contributed by atoms with Crippen LogP contribution in [0.2, 0.25) is 0 Å². The molecule has 2 atom stereocenters. The van der Waals surface area contributed by atoms with Gasteiger partial charge in [0, 0.05) is 30.9 Å². The highest BCUT2D eigenvalue weighted by atomic mass is 16.5. The Bertz CT molecular complexity index is 448. The van der Waals surface area contributed by atoms with Crippen LogP contribution in [0.4, 0.5) is 5.69 Å². The van der Waals surface area contributed by atoms with Gasteiger partial charge in [0.25, 0.3) is 0 Å². The maximum Gasteiger partial charge on any atom is 0.337 e. The van der Waals surface area contributed by atoms with E-state index in [0.29, 0.717) is 17.6 Å². The van der Waals surface area contributed by atoms with E-state index in [0.717, 1.165) is 25.2 Å². The minimum absolute atomic E-state index is 0.281. The summed E-state index contributed by atoms with van der Waals surface area (Å²) in [5, 5.41) is 3.56. The largest absolute Gasteiger partial charge is 0.465 e. The normalized spacial score (nSPS) is 23.8. The standard InChI is InChI=1S/C15H22N2O2/c1-11-7-8-17(10-12(2)16-11)14-6-4-5-13(9-14)15(18)19-3/h4-6,9,11-12,16H,7-8,10H2,1-3H3. The lowest BCUT2D eigenvalue weighted by atomic mass is 10.1. The summed E-state index contributed by atoms with van der Waals surface area (Å²) in [6.07, 6.45) is 1.10. The van der Waals surface area contributed by atoms with Crippen molar-refractivity contribution in [2.45, 2.75) is 32.4 Å². The molecule has 1 aliphatic rings. The molecule has 0 bridgehead atoms. The maximum atomic E-state index is 11.6. The molecule has 104 valence electrons. The number of hydrogen-bond acceptors (Lipinski definition) is 4. The van der Waals surface area contributed by atoms with Crippen molar-refractivity contribution in [1.29, 1.82) is 0 Å². The predicted molar refractivity (Wildman–Crippen MR) is 76.7 cm³/mol. The summed E-state index contributed by atoms with van der Waals surface area (Å²) in [7, 11) is 1.41. The van der Waals surface area contributed by atoms with Crippen molar-refractivity contribution in [3.63, 3.8) is 0 Å². The number of nitrogens with one attached hydrogen (secondary N) is 1. The van der Waals surface area contributed by atoms with Crippen LogP contribution in [0.15, 0.2) is 24.3 Å². The third-order valence-electron chi connectivity index (χ3n) is 3.53. The molecule has 0 spiro atoms. The van der Waals surface area contributed by atoms with Gasteiger partial charge in [-0.2, -0.15) is 0 Å². The van der Waals surface area contributed by atoms with Crippen molar-refractivity contribution >= 4 is 11.7 Å². The van der Waals surface area contributed by atoms with Gasteiger partial charge in [0.15, 0.2) is 0 Å². The molecule has 2 unspecified atom stereocenters. The first kappa shape index (κ1) is 13.9. The lowest BCUT2D eigenvalue weighted by Crippen LogP contribution is -2.37. The lowest BCUT2D eigenvalue weighted by Gasteiger charge is -2.25. The van der Waals surface area contributed by atoms with E-state index in [1.807, 2.05) is 12.1 Å². The van der Waals surface area contributed by atoms with E-state index < -0.39 is 0 Å². The second-order valence-corrected chi connectivity index (χ2v) is 5.25. The van der Waals surface area contributed by atoms with Crippen LogP contribution >= 0.6 is 0 Å². The summed E-state index contributed by atoms with van der Waals surface area (Å²) in [5.41, 5.74) is 1.70. The van der Waals surface area contributed by atoms with Crippen LogP contribution in [0.1, 0.15) is 30.6 Å². The molecule has 4 nitrogen and oxygen atoms in total. The second-order valence-electron chi connectivity index (χ2n) is 5.25. The molecule has 1 N–H and O–H groups in total. The van der Waals surface area contributed by atoms with Crippen molar-refractivity contribution in [2.75, 3.05) is 25.1 Å². The number of rotatable bonds is 2. The third kappa shape index (κ3) is 3.47. The van der Waals surface area contributed by atoms with Gasteiger partial charge in [-0.3, -0.25) is 0 Å². The Kier molecular flexibility index (Phi) is 4.43. The molecule has 1 heterocycles. The Morgan fingerprint density at radius 3 is 2.89 bits per heavy atom. The third-order valence-corrected chi connectivity index (χ3v) is 3.53. The Morgan fingerprint density at radius 2 is 2.16 bits per heavy atom. The zero-order valence-electron chi connectivity index (χ0n) is 11.8. The van der Waals surface area contributed by atoms with E-state index >= 15 is 0 Å². The van der Waals surface area contributed by atoms with E-state index in [2.05, 4.69) is 30.1 Å². The van der Waals surface area contributed by atoms with Gasteiger partial charge in [0.1, 0.15) is 0 Å². The first-order valence-electron chi connectivity index (χ1n) is 6.79. The summed E-state index contributed by atoms with van der Waals surface area (Å²) in [5.74, 6) is -0.281. The number of nitrogens with zero attached hydrogens (tertiary/aromatic N) is 1. The summed E-state index contributed by atoms with van der Waals surface area (Å²) in [6.45, 7) is 6.36. The fourth-order valence-corrected chi connectivity index (χ4v) is 2.58. The Balaban J connectivity index is 2.18. The van der Waals surface area contributed by atoms with Crippen LogP contribution in [0.3, 0.4) is 0 Å². The first-order valence-corrected chi connectivity index (χ1v) is 6.79. The molecule has 2 rings (SSSR count). The Labute approximate surface area is 114 Å². The van der Waals surface area contributed by atoms with E-state index in [9.17, 15) is 4.79 Å². The Hall–Kier alpha value is -1.55. The Morgan fingerprint density at radius 1 is 1.37 bits per heavy atom. The SMILES string of the molecule is COC(=O)c1cccc(N2CCC(C)NC(C)C2)c1. The molecule has 0 amide bonds. The fraction of sp³-hybridized carbons (Fsp3) is 0.533. The van der Waals surface area contributed by atoms with E-state index in [1.54, 1.807) is 6.07 Å². The molecule has 0 radical (unpaired) electrons. The topological polar surface area (TPSA) is 41.6 Å². The maximum absolute atomic E-state index is 11.6. The molecule has 0 aliphatic carbocycles. The van der Waals surface area contributed by atoms with Crippen LogP contribution in [-0.4, -0.2) is 38.3 Å². The van der Waals surface area contributed by atoms with Crippen LogP contribution < -0.4 is 10.2 Å². The molecular weight excluding hydrogens is 240 g/mol. The second kappa shape index (κ2) is 6.06. The highest BCUT2D eigenvalue weighted by molar-refractivity contribution is 5.90. The highest BCUT2D eigenvalue weighted by Crippen LogP contribution is 2.19. The monoisotopic (exact) mass is 262 g/mol. The molecule has 1 aromatic carbocycles. The zero-order chi connectivity index (χ0) is 13.8. The number of benzene rings is 1.